The van der Waals surface area contributed by atoms with Gasteiger partial charge in [0.05, 0.1) is 11.4 Å². The molecule has 0 atom stereocenters. The molecule has 2 aromatic carbocycles. The molecule has 0 spiro atoms. The number of carbonyl (C=O) groups excluding carboxylic acids is 2. The maximum Gasteiger partial charge on any atom is 0.261 e. The summed E-state index contributed by atoms with van der Waals surface area (Å²) < 4.78 is 0. The van der Waals surface area contributed by atoms with Crippen molar-refractivity contribution >= 4 is 33.9 Å². The lowest BCUT2D eigenvalue weighted by molar-refractivity contribution is -0.129. The number of likely N-dealkylation sites (N-methyl/N-ethyl adjacent to an activating group) is 1. The predicted molar refractivity (Wildman–Crippen MR) is 97.1 cm³/mol. The average molecular weight is 338 g/mol. The van der Waals surface area contributed by atoms with Gasteiger partial charge >= 0.3 is 0 Å². The number of nitrogens with one attached hydrogen (secondary N) is 1. The van der Waals surface area contributed by atoms with Crippen LogP contribution in [0.15, 0.2) is 60.0 Å². The van der Waals surface area contributed by atoms with Crippen LogP contribution in [-0.4, -0.2) is 30.3 Å². The molecule has 0 radical (unpaired) electrons. The molecule has 1 N–H and O–H groups in total. The molecule has 0 aliphatic carbocycles. The molecule has 4 nitrogen and oxygen atoms in total. The first-order valence-corrected chi connectivity index (χ1v) is 8.55. The van der Waals surface area contributed by atoms with E-state index in [1.807, 2.05) is 35.7 Å². The fourth-order valence-electron chi connectivity index (χ4n) is 2.56. The van der Waals surface area contributed by atoms with Crippen molar-refractivity contribution in [3.8, 4) is 0 Å². The molecule has 0 unspecified atom stereocenters. The van der Waals surface area contributed by atoms with Gasteiger partial charge in [0.2, 0.25) is 5.91 Å². The Morgan fingerprint density at radius 3 is 2.62 bits per heavy atom. The van der Waals surface area contributed by atoms with Crippen molar-refractivity contribution in [1.29, 1.82) is 0 Å². The second-order valence-corrected chi connectivity index (χ2v) is 6.50. The lowest BCUT2D eigenvalue weighted by atomic mass is 10.0. The highest BCUT2D eigenvalue weighted by Gasteiger charge is 2.13. The lowest BCUT2D eigenvalue weighted by Crippen LogP contribution is -2.37. The molecule has 1 heterocycles. The second-order valence-electron chi connectivity index (χ2n) is 5.55. The van der Waals surface area contributed by atoms with Crippen molar-refractivity contribution in [2.24, 2.45) is 0 Å². The van der Waals surface area contributed by atoms with Gasteiger partial charge in [-0.15, -0.1) is 11.3 Å². The number of hydrogen-bond donors (Lipinski definition) is 1. The van der Waals surface area contributed by atoms with Crippen molar-refractivity contribution < 1.29 is 9.59 Å². The molecule has 24 heavy (non-hydrogen) atoms. The Kier molecular flexibility index (Phi) is 4.91. The van der Waals surface area contributed by atoms with E-state index in [0.717, 1.165) is 16.3 Å². The van der Waals surface area contributed by atoms with Crippen LogP contribution < -0.4 is 5.32 Å². The van der Waals surface area contributed by atoms with Crippen LogP contribution in [-0.2, 0) is 11.3 Å². The van der Waals surface area contributed by atoms with E-state index in [4.69, 9.17) is 0 Å². The van der Waals surface area contributed by atoms with Crippen LogP contribution in [0, 0.1) is 0 Å². The Hall–Kier alpha value is -2.66. The van der Waals surface area contributed by atoms with Gasteiger partial charge in [0, 0.05) is 13.6 Å². The molecule has 3 aromatic rings. The fourth-order valence-corrected chi connectivity index (χ4v) is 3.20. The van der Waals surface area contributed by atoms with Gasteiger partial charge in [-0.05, 0) is 27.8 Å². The van der Waals surface area contributed by atoms with Gasteiger partial charge in [-0.1, -0.05) is 48.5 Å². The SMILES string of the molecule is CN(Cc1cccc2ccccc12)C(=O)CNC(=O)c1cccs1. The standard InChI is InChI=1S/C19H18N2O2S/c1-21(18(22)12-20-19(23)17-10-5-11-24-17)13-15-8-4-7-14-6-2-3-9-16(14)15/h2-11H,12-13H2,1H3,(H,20,23). The van der Waals surface area contributed by atoms with Gasteiger partial charge in [0.1, 0.15) is 0 Å². The zero-order valence-electron chi connectivity index (χ0n) is 13.4. The molecule has 1 aromatic heterocycles. The molecule has 0 fully saturated rings. The minimum atomic E-state index is -0.211. The highest BCUT2D eigenvalue weighted by molar-refractivity contribution is 7.12. The number of carbonyl (C=O) groups is 2. The van der Waals surface area contributed by atoms with Crippen molar-refractivity contribution in [3.63, 3.8) is 0 Å². The third-order valence-electron chi connectivity index (χ3n) is 3.86. The normalized spacial score (nSPS) is 10.5. The number of benzene rings is 2. The molecule has 2 amide bonds. The summed E-state index contributed by atoms with van der Waals surface area (Å²) in [5.74, 6) is -0.329. The fraction of sp³-hybridized carbons (Fsp3) is 0.158. The molecule has 0 aliphatic heterocycles. The van der Waals surface area contributed by atoms with Crippen LogP contribution in [0.4, 0.5) is 0 Å². The number of fused-ring (bicyclic) bond motifs is 1. The van der Waals surface area contributed by atoms with Crippen molar-refractivity contribution in [3.05, 3.63) is 70.4 Å². The van der Waals surface area contributed by atoms with Gasteiger partial charge in [0.15, 0.2) is 0 Å². The van der Waals surface area contributed by atoms with Gasteiger partial charge in [-0.25, -0.2) is 0 Å². The second kappa shape index (κ2) is 7.27. The first-order chi connectivity index (χ1) is 11.6. The van der Waals surface area contributed by atoms with Gasteiger partial charge in [0.25, 0.3) is 5.91 Å². The van der Waals surface area contributed by atoms with Crippen LogP contribution >= 0.6 is 11.3 Å². The minimum Gasteiger partial charge on any atom is -0.342 e. The third-order valence-corrected chi connectivity index (χ3v) is 4.73. The summed E-state index contributed by atoms with van der Waals surface area (Å²) in [6.45, 7) is 0.507. The number of amides is 2. The predicted octanol–water partition coefficient (Wildman–Crippen LogP) is 3.29. The Labute approximate surface area is 144 Å². The largest absolute Gasteiger partial charge is 0.342 e. The number of hydrogen-bond acceptors (Lipinski definition) is 3. The molecular weight excluding hydrogens is 320 g/mol. The van der Waals surface area contributed by atoms with Gasteiger partial charge in [-0.3, -0.25) is 9.59 Å². The molecule has 0 saturated carbocycles. The molecular formula is C19H18N2O2S. The molecule has 3 rings (SSSR count). The van der Waals surface area contributed by atoms with Crippen molar-refractivity contribution in [2.45, 2.75) is 6.54 Å². The summed E-state index contributed by atoms with van der Waals surface area (Å²) in [7, 11) is 1.75. The maximum absolute atomic E-state index is 12.3. The van der Waals surface area contributed by atoms with Crippen LogP contribution in [0.2, 0.25) is 0 Å². The summed E-state index contributed by atoms with van der Waals surface area (Å²) in [6.07, 6.45) is 0. The quantitative estimate of drug-likeness (QED) is 0.776. The van der Waals surface area contributed by atoms with E-state index in [9.17, 15) is 9.59 Å². The first kappa shape index (κ1) is 16.2. The van der Waals surface area contributed by atoms with E-state index < -0.39 is 0 Å². The lowest BCUT2D eigenvalue weighted by Gasteiger charge is -2.18. The van der Waals surface area contributed by atoms with Crippen LogP contribution in [0.1, 0.15) is 15.2 Å². The zero-order valence-corrected chi connectivity index (χ0v) is 14.2. The topological polar surface area (TPSA) is 49.4 Å². The average Bonchev–Trinajstić information content (AvgIpc) is 3.14. The minimum absolute atomic E-state index is 0.00198. The first-order valence-electron chi connectivity index (χ1n) is 7.67. The Morgan fingerprint density at radius 2 is 1.83 bits per heavy atom. The number of rotatable bonds is 5. The van der Waals surface area contributed by atoms with E-state index in [1.54, 1.807) is 18.0 Å². The highest BCUT2D eigenvalue weighted by Crippen LogP contribution is 2.19. The summed E-state index contributed by atoms with van der Waals surface area (Å²) in [6, 6.07) is 17.7. The molecule has 122 valence electrons. The van der Waals surface area contributed by atoms with Crippen LogP contribution in [0.3, 0.4) is 0 Å². The number of thiophene rings is 1. The smallest absolute Gasteiger partial charge is 0.261 e. The summed E-state index contributed by atoms with van der Waals surface area (Å²) >= 11 is 1.36. The monoisotopic (exact) mass is 338 g/mol. The van der Waals surface area contributed by atoms with Crippen LogP contribution in [0.5, 0.6) is 0 Å². The Balaban J connectivity index is 1.62. The van der Waals surface area contributed by atoms with Crippen LogP contribution in [0.25, 0.3) is 10.8 Å². The number of nitrogens with zero attached hydrogens (tertiary/aromatic N) is 1. The highest BCUT2D eigenvalue weighted by atomic mass is 32.1. The molecule has 0 bridgehead atoms. The van der Waals surface area contributed by atoms with Crippen molar-refractivity contribution in [2.75, 3.05) is 13.6 Å². The third kappa shape index (κ3) is 3.63. The molecule has 5 heteroatoms. The summed E-state index contributed by atoms with van der Waals surface area (Å²) in [5.41, 5.74) is 1.09. The Bertz CT molecular complexity index is 853. The summed E-state index contributed by atoms with van der Waals surface area (Å²) in [5, 5.41) is 6.80. The molecule has 0 saturated heterocycles. The van der Waals surface area contributed by atoms with Crippen molar-refractivity contribution in [1.82, 2.24) is 10.2 Å². The van der Waals surface area contributed by atoms with Gasteiger partial charge < -0.3 is 10.2 Å². The van der Waals surface area contributed by atoms with E-state index in [1.165, 1.54) is 11.3 Å². The van der Waals surface area contributed by atoms with Gasteiger partial charge in [-0.2, -0.15) is 0 Å². The molecule has 0 aliphatic rings. The van der Waals surface area contributed by atoms with E-state index in [0.29, 0.717) is 11.4 Å². The zero-order chi connectivity index (χ0) is 16.9. The van der Waals surface area contributed by atoms with E-state index >= 15 is 0 Å². The van der Waals surface area contributed by atoms with E-state index in [-0.39, 0.29) is 18.4 Å². The Morgan fingerprint density at radius 1 is 1.04 bits per heavy atom. The summed E-state index contributed by atoms with van der Waals surface area (Å²) in [4.78, 5) is 26.4. The maximum atomic E-state index is 12.3. The van der Waals surface area contributed by atoms with E-state index in [2.05, 4.69) is 23.5 Å².